The number of hydrogen-bond donors (Lipinski definition) is 3. The highest BCUT2D eigenvalue weighted by molar-refractivity contribution is 14.0. The van der Waals surface area contributed by atoms with Gasteiger partial charge in [0.1, 0.15) is 0 Å². The molecular weight excluding hydrogens is 387 g/mol. The van der Waals surface area contributed by atoms with Crippen molar-refractivity contribution in [1.29, 1.82) is 0 Å². The first kappa shape index (κ1) is 19.8. The van der Waals surface area contributed by atoms with E-state index in [-0.39, 0.29) is 40.7 Å². The zero-order valence-electron chi connectivity index (χ0n) is 12.8. The second kappa shape index (κ2) is 9.70. The molecule has 118 valence electrons. The van der Waals surface area contributed by atoms with E-state index < -0.39 is 0 Å². The third kappa shape index (κ3) is 7.56. The highest BCUT2D eigenvalue weighted by atomic mass is 127. The summed E-state index contributed by atoms with van der Waals surface area (Å²) in [7, 11) is 0. The predicted molar refractivity (Wildman–Crippen MR) is 98.2 cm³/mol. The van der Waals surface area contributed by atoms with Crippen molar-refractivity contribution >= 4 is 47.6 Å². The number of thioether (sulfide) groups is 1. The Balaban J connectivity index is 0.00000361. The molecule has 0 radical (unpaired) electrons. The molecule has 20 heavy (non-hydrogen) atoms. The topological polar surface area (TPSA) is 65.5 Å². The van der Waals surface area contributed by atoms with Crippen molar-refractivity contribution in [3.63, 3.8) is 0 Å². The molecule has 1 saturated heterocycles. The van der Waals surface area contributed by atoms with Crippen LogP contribution in [0.3, 0.4) is 0 Å². The molecule has 0 saturated carbocycles. The largest absolute Gasteiger partial charge is 0.357 e. The number of nitrogens with one attached hydrogen (secondary N) is 3. The molecular formula is C13H27IN4OS. The van der Waals surface area contributed by atoms with Gasteiger partial charge in [-0.15, -0.1) is 24.0 Å². The summed E-state index contributed by atoms with van der Waals surface area (Å²) in [6.07, 6.45) is 3.56. The van der Waals surface area contributed by atoms with Gasteiger partial charge in [0.25, 0.3) is 0 Å². The molecule has 1 rings (SSSR count). The number of carbonyl (C=O) groups excluding carboxylic acids is 1. The molecule has 1 aliphatic heterocycles. The minimum atomic E-state index is 0. The third-order valence-electron chi connectivity index (χ3n) is 3.12. The van der Waals surface area contributed by atoms with Gasteiger partial charge in [0.05, 0.1) is 6.54 Å². The second-order valence-electron chi connectivity index (χ2n) is 5.34. The first-order chi connectivity index (χ1) is 8.96. The number of halogens is 1. The molecule has 0 aliphatic carbocycles. The Morgan fingerprint density at radius 2 is 2.25 bits per heavy atom. The fourth-order valence-corrected chi connectivity index (χ4v) is 1.90. The van der Waals surface area contributed by atoms with Crippen LogP contribution in [0.2, 0.25) is 0 Å². The molecule has 5 nitrogen and oxygen atoms in total. The van der Waals surface area contributed by atoms with Crippen LogP contribution in [0.1, 0.15) is 33.6 Å². The number of nitrogens with zero attached hydrogens (tertiary/aromatic N) is 1. The molecule has 3 N–H and O–H groups in total. The Kier molecular flexibility index (Phi) is 9.61. The Morgan fingerprint density at radius 3 is 2.75 bits per heavy atom. The molecule has 1 aliphatic rings. The Hall–Kier alpha value is -0.180. The monoisotopic (exact) mass is 414 g/mol. The summed E-state index contributed by atoms with van der Waals surface area (Å²) >= 11 is 1.81. The first-order valence-corrected chi connectivity index (χ1v) is 8.06. The summed E-state index contributed by atoms with van der Waals surface area (Å²) in [6.45, 7) is 8.71. The van der Waals surface area contributed by atoms with Crippen LogP contribution in [0.15, 0.2) is 4.99 Å². The van der Waals surface area contributed by atoms with Crippen LogP contribution in [0.5, 0.6) is 0 Å². The van der Waals surface area contributed by atoms with E-state index in [0.717, 1.165) is 25.5 Å². The number of hydrogen-bond acceptors (Lipinski definition) is 3. The molecule has 1 atom stereocenters. The summed E-state index contributed by atoms with van der Waals surface area (Å²) in [5.41, 5.74) is 0. The Labute approximate surface area is 143 Å². The first-order valence-electron chi connectivity index (χ1n) is 6.83. The van der Waals surface area contributed by atoms with Gasteiger partial charge in [0, 0.05) is 30.3 Å². The maximum Gasteiger partial charge on any atom is 0.220 e. The highest BCUT2D eigenvalue weighted by Crippen LogP contribution is 2.20. The SMILES string of the molecule is CCNC(=NCC(C)(C)SC)NC1CCC(=O)NC1.I. The standard InChI is InChI=1S/C13H26N4OS.HI/c1-5-14-12(16-9-13(2,3)19-4)17-10-6-7-11(18)15-8-10;/h10H,5-9H2,1-4H3,(H,15,18)(H2,14,16,17);1H. The maximum absolute atomic E-state index is 11.1. The van der Waals surface area contributed by atoms with Crippen LogP contribution >= 0.6 is 35.7 Å². The van der Waals surface area contributed by atoms with E-state index >= 15 is 0 Å². The summed E-state index contributed by atoms with van der Waals surface area (Å²) in [4.78, 5) is 15.8. The molecule has 0 bridgehead atoms. The predicted octanol–water partition coefficient (Wildman–Crippen LogP) is 1.58. The fraction of sp³-hybridized carbons (Fsp3) is 0.846. The van der Waals surface area contributed by atoms with E-state index in [9.17, 15) is 4.79 Å². The highest BCUT2D eigenvalue weighted by Gasteiger charge is 2.20. The number of aliphatic imine (C=N–C) groups is 1. The zero-order valence-corrected chi connectivity index (χ0v) is 15.9. The molecule has 7 heteroatoms. The smallest absolute Gasteiger partial charge is 0.220 e. The minimum Gasteiger partial charge on any atom is -0.357 e. The second-order valence-corrected chi connectivity index (χ2v) is 6.86. The van der Waals surface area contributed by atoms with Crippen molar-refractivity contribution in [3.8, 4) is 0 Å². The summed E-state index contributed by atoms with van der Waals surface area (Å²) in [6, 6.07) is 0.271. The van der Waals surface area contributed by atoms with Gasteiger partial charge in [0.15, 0.2) is 5.96 Å². The third-order valence-corrected chi connectivity index (χ3v) is 4.36. The normalized spacial score (nSPS) is 19.9. The van der Waals surface area contributed by atoms with Gasteiger partial charge in [-0.3, -0.25) is 9.79 Å². The Morgan fingerprint density at radius 1 is 1.55 bits per heavy atom. The van der Waals surface area contributed by atoms with Crippen molar-refractivity contribution in [2.75, 3.05) is 25.9 Å². The molecule has 0 aromatic carbocycles. The number of guanidine groups is 1. The van der Waals surface area contributed by atoms with Crippen LogP contribution < -0.4 is 16.0 Å². The van der Waals surface area contributed by atoms with E-state index in [2.05, 4.69) is 48.0 Å². The van der Waals surface area contributed by atoms with Gasteiger partial charge in [0.2, 0.25) is 5.91 Å². The van der Waals surface area contributed by atoms with Crippen molar-refractivity contribution in [2.45, 2.75) is 44.4 Å². The van der Waals surface area contributed by atoms with Gasteiger partial charge in [-0.1, -0.05) is 0 Å². The van der Waals surface area contributed by atoms with E-state index in [1.165, 1.54) is 0 Å². The molecule has 1 fully saturated rings. The number of piperidine rings is 1. The van der Waals surface area contributed by atoms with Gasteiger partial charge in [-0.25, -0.2) is 0 Å². The number of rotatable bonds is 5. The summed E-state index contributed by atoms with van der Waals surface area (Å²) in [5, 5.41) is 9.52. The van der Waals surface area contributed by atoms with Gasteiger partial charge in [-0.05, 0) is 33.4 Å². The van der Waals surface area contributed by atoms with E-state index in [0.29, 0.717) is 13.0 Å². The average molecular weight is 414 g/mol. The zero-order chi connectivity index (χ0) is 14.3. The van der Waals surface area contributed by atoms with E-state index in [1.54, 1.807) is 0 Å². The van der Waals surface area contributed by atoms with Crippen LogP contribution in [0.4, 0.5) is 0 Å². The molecule has 1 amide bonds. The van der Waals surface area contributed by atoms with Crippen molar-refractivity contribution in [2.24, 2.45) is 4.99 Å². The molecule has 0 aromatic heterocycles. The maximum atomic E-state index is 11.1. The lowest BCUT2D eigenvalue weighted by atomic mass is 10.1. The number of carbonyl (C=O) groups is 1. The van der Waals surface area contributed by atoms with Crippen LogP contribution in [0.25, 0.3) is 0 Å². The molecule has 0 spiro atoms. The lowest BCUT2D eigenvalue weighted by Crippen LogP contribution is -2.51. The summed E-state index contributed by atoms with van der Waals surface area (Å²) in [5.74, 6) is 0.981. The van der Waals surface area contributed by atoms with Gasteiger partial charge < -0.3 is 16.0 Å². The van der Waals surface area contributed by atoms with Gasteiger partial charge >= 0.3 is 0 Å². The fourth-order valence-electron chi connectivity index (χ4n) is 1.70. The van der Waals surface area contributed by atoms with Crippen LogP contribution in [-0.4, -0.2) is 48.5 Å². The quantitative estimate of drug-likeness (QED) is 0.363. The van der Waals surface area contributed by atoms with Crippen molar-refractivity contribution < 1.29 is 4.79 Å². The summed E-state index contributed by atoms with van der Waals surface area (Å²) < 4.78 is 0.142. The van der Waals surface area contributed by atoms with Crippen LogP contribution in [0, 0.1) is 0 Å². The lowest BCUT2D eigenvalue weighted by Gasteiger charge is -2.26. The molecule has 1 heterocycles. The van der Waals surface area contributed by atoms with Crippen molar-refractivity contribution in [3.05, 3.63) is 0 Å². The van der Waals surface area contributed by atoms with E-state index in [1.807, 2.05) is 11.8 Å². The number of amides is 1. The van der Waals surface area contributed by atoms with Gasteiger partial charge in [-0.2, -0.15) is 11.8 Å². The molecule has 1 unspecified atom stereocenters. The van der Waals surface area contributed by atoms with Crippen molar-refractivity contribution in [1.82, 2.24) is 16.0 Å². The minimum absolute atomic E-state index is 0. The Bertz CT molecular complexity index is 326. The van der Waals surface area contributed by atoms with E-state index in [4.69, 9.17) is 0 Å². The molecule has 0 aromatic rings. The lowest BCUT2D eigenvalue weighted by molar-refractivity contribution is -0.122. The van der Waals surface area contributed by atoms with Crippen LogP contribution in [-0.2, 0) is 4.79 Å². The average Bonchev–Trinajstić information content (AvgIpc) is 2.39.